The minimum absolute atomic E-state index is 0.429. The SMILES string of the molecule is CNCC1CCC(CN2CCCOCC2)O1. The Morgan fingerprint density at radius 2 is 2.06 bits per heavy atom. The molecule has 2 saturated heterocycles. The molecule has 0 bridgehead atoms. The zero-order valence-corrected chi connectivity index (χ0v) is 10.3. The van der Waals surface area contributed by atoms with Gasteiger partial charge in [0, 0.05) is 32.8 Å². The fourth-order valence-corrected chi connectivity index (χ4v) is 2.56. The zero-order chi connectivity index (χ0) is 11.2. The molecule has 4 nitrogen and oxygen atoms in total. The Bertz CT molecular complexity index is 193. The maximum atomic E-state index is 6.00. The van der Waals surface area contributed by atoms with Gasteiger partial charge in [-0.05, 0) is 26.3 Å². The summed E-state index contributed by atoms with van der Waals surface area (Å²) >= 11 is 0. The van der Waals surface area contributed by atoms with E-state index in [0.717, 1.165) is 45.8 Å². The minimum Gasteiger partial charge on any atom is -0.380 e. The Hall–Kier alpha value is -0.160. The first kappa shape index (κ1) is 12.3. The maximum absolute atomic E-state index is 6.00. The molecule has 2 atom stereocenters. The highest BCUT2D eigenvalue weighted by Crippen LogP contribution is 2.20. The van der Waals surface area contributed by atoms with Crippen molar-refractivity contribution in [1.29, 1.82) is 0 Å². The number of hydrogen-bond acceptors (Lipinski definition) is 4. The van der Waals surface area contributed by atoms with Crippen LogP contribution in [-0.4, -0.2) is 63.5 Å². The fourth-order valence-electron chi connectivity index (χ4n) is 2.56. The summed E-state index contributed by atoms with van der Waals surface area (Å²) in [4.78, 5) is 2.49. The molecule has 0 aromatic carbocycles. The lowest BCUT2D eigenvalue weighted by atomic mass is 10.2. The molecule has 0 aromatic heterocycles. The van der Waals surface area contributed by atoms with Gasteiger partial charge in [-0.1, -0.05) is 0 Å². The highest BCUT2D eigenvalue weighted by molar-refractivity contribution is 4.78. The number of ether oxygens (including phenoxy) is 2. The molecule has 2 aliphatic rings. The molecule has 0 radical (unpaired) electrons. The molecule has 0 amide bonds. The van der Waals surface area contributed by atoms with Crippen molar-refractivity contribution in [2.75, 3.05) is 46.4 Å². The van der Waals surface area contributed by atoms with Crippen LogP contribution in [0.15, 0.2) is 0 Å². The third-order valence-electron chi connectivity index (χ3n) is 3.40. The number of likely N-dealkylation sites (N-methyl/N-ethyl adjacent to an activating group) is 1. The molecule has 0 aromatic rings. The van der Waals surface area contributed by atoms with Gasteiger partial charge in [-0.25, -0.2) is 0 Å². The normalized spacial score (nSPS) is 32.8. The first-order chi connectivity index (χ1) is 7.88. The van der Waals surface area contributed by atoms with E-state index in [2.05, 4.69) is 10.2 Å². The largest absolute Gasteiger partial charge is 0.380 e. The second-order valence-corrected chi connectivity index (χ2v) is 4.78. The Balaban J connectivity index is 1.69. The van der Waals surface area contributed by atoms with Crippen LogP contribution in [0.1, 0.15) is 19.3 Å². The van der Waals surface area contributed by atoms with Crippen molar-refractivity contribution >= 4 is 0 Å². The second kappa shape index (κ2) is 6.55. The zero-order valence-electron chi connectivity index (χ0n) is 10.3. The Morgan fingerprint density at radius 3 is 2.94 bits per heavy atom. The molecule has 0 saturated carbocycles. The van der Waals surface area contributed by atoms with Crippen molar-refractivity contribution in [2.45, 2.75) is 31.5 Å². The summed E-state index contributed by atoms with van der Waals surface area (Å²) < 4.78 is 11.5. The first-order valence-corrected chi connectivity index (χ1v) is 6.48. The minimum atomic E-state index is 0.429. The van der Waals surface area contributed by atoms with Crippen LogP contribution in [0.4, 0.5) is 0 Å². The number of hydrogen-bond donors (Lipinski definition) is 1. The third kappa shape index (κ3) is 3.70. The van der Waals surface area contributed by atoms with Gasteiger partial charge in [0.05, 0.1) is 18.8 Å². The van der Waals surface area contributed by atoms with Crippen LogP contribution < -0.4 is 5.32 Å². The van der Waals surface area contributed by atoms with Gasteiger partial charge in [-0.15, -0.1) is 0 Å². The van der Waals surface area contributed by atoms with Crippen molar-refractivity contribution < 1.29 is 9.47 Å². The lowest BCUT2D eigenvalue weighted by molar-refractivity contribution is 0.0236. The van der Waals surface area contributed by atoms with Gasteiger partial charge in [0.25, 0.3) is 0 Å². The first-order valence-electron chi connectivity index (χ1n) is 6.48. The fraction of sp³-hybridized carbons (Fsp3) is 1.00. The molecule has 1 N–H and O–H groups in total. The molecular weight excluding hydrogens is 204 g/mol. The highest BCUT2D eigenvalue weighted by atomic mass is 16.5. The van der Waals surface area contributed by atoms with Crippen molar-refractivity contribution in [3.63, 3.8) is 0 Å². The summed E-state index contributed by atoms with van der Waals surface area (Å²) in [5.41, 5.74) is 0. The lowest BCUT2D eigenvalue weighted by Crippen LogP contribution is -2.35. The highest BCUT2D eigenvalue weighted by Gasteiger charge is 2.26. The summed E-state index contributed by atoms with van der Waals surface area (Å²) in [5, 5.41) is 3.19. The van der Waals surface area contributed by atoms with E-state index < -0.39 is 0 Å². The van der Waals surface area contributed by atoms with Crippen LogP contribution in [0.2, 0.25) is 0 Å². The van der Waals surface area contributed by atoms with Gasteiger partial charge in [-0.2, -0.15) is 0 Å². The van der Waals surface area contributed by atoms with Gasteiger partial charge in [0.2, 0.25) is 0 Å². The molecule has 94 valence electrons. The van der Waals surface area contributed by atoms with E-state index in [1.165, 1.54) is 12.8 Å². The van der Waals surface area contributed by atoms with Crippen LogP contribution in [0.25, 0.3) is 0 Å². The summed E-state index contributed by atoms with van der Waals surface area (Å²) in [6, 6.07) is 0. The van der Waals surface area contributed by atoms with Crippen LogP contribution in [-0.2, 0) is 9.47 Å². The Morgan fingerprint density at radius 1 is 1.19 bits per heavy atom. The average Bonchev–Trinajstić information content (AvgIpc) is 2.56. The van der Waals surface area contributed by atoms with Gasteiger partial charge < -0.3 is 14.8 Å². The summed E-state index contributed by atoms with van der Waals surface area (Å²) in [7, 11) is 1.99. The van der Waals surface area contributed by atoms with Crippen LogP contribution in [0.5, 0.6) is 0 Å². The predicted octanol–water partition coefficient (Wildman–Crippen LogP) is 0.476. The van der Waals surface area contributed by atoms with E-state index in [-0.39, 0.29) is 0 Å². The van der Waals surface area contributed by atoms with Crippen molar-refractivity contribution in [2.24, 2.45) is 0 Å². The molecule has 16 heavy (non-hydrogen) atoms. The molecule has 2 aliphatic heterocycles. The smallest absolute Gasteiger partial charge is 0.0707 e. The Kier molecular flexibility index (Phi) is 5.03. The van der Waals surface area contributed by atoms with Crippen LogP contribution in [0.3, 0.4) is 0 Å². The van der Waals surface area contributed by atoms with E-state index in [4.69, 9.17) is 9.47 Å². The van der Waals surface area contributed by atoms with E-state index in [9.17, 15) is 0 Å². The number of nitrogens with zero attached hydrogens (tertiary/aromatic N) is 1. The lowest BCUT2D eigenvalue weighted by Gasteiger charge is -2.23. The average molecular weight is 228 g/mol. The van der Waals surface area contributed by atoms with Crippen molar-refractivity contribution in [1.82, 2.24) is 10.2 Å². The van der Waals surface area contributed by atoms with E-state index in [1.54, 1.807) is 0 Å². The topological polar surface area (TPSA) is 33.7 Å². The van der Waals surface area contributed by atoms with Crippen molar-refractivity contribution in [3.8, 4) is 0 Å². The van der Waals surface area contributed by atoms with Crippen LogP contribution in [0, 0.1) is 0 Å². The number of rotatable bonds is 4. The van der Waals surface area contributed by atoms with E-state index >= 15 is 0 Å². The predicted molar refractivity (Wildman–Crippen MR) is 63.7 cm³/mol. The second-order valence-electron chi connectivity index (χ2n) is 4.78. The number of nitrogens with one attached hydrogen (secondary N) is 1. The standard InChI is InChI=1S/C12H24N2O2/c1-13-9-11-3-4-12(16-11)10-14-5-2-7-15-8-6-14/h11-13H,2-10H2,1H3. The quantitative estimate of drug-likeness (QED) is 0.758. The van der Waals surface area contributed by atoms with Crippen LogP contribution >= 0.6 is 0 Å². The van der Waals surface area contributed by atoms with Gasteiger partial charge in [-0.3, -0.25) is 4.90 Å². The van der Waals surface area contributed by atoms with E-state index in [1.807, 2.05) is 7.05 Å². The van der Waals surface area contributed by atoms with Gasteiger partial charge >= 0.3 is 0 Å². The summed E-state index contributed by atoms with van der Waals surface area (Å²) in [5.74, 6) is 0. The molecular formula is C12H24N2O2. The summed E-state index contributed by atoms with van der Waals surface area (Å²) in [6.45, 7) is 6.10. The molecule has 2 rings (SSSR count). The maximum Gasteiger partial charge on any atom is 0.0707 e. The molecule has 4 heteroatoms. The molecule has 2 heterocycles. The van der Waals surface area contributed by atoms with Crippen molar-refractivity contribution in [3.05, 3.63) is 0 Å². The van der Waals surface area contributed by atoms with E-state index in [0.29, 0.717) is 12.2 Å². The molecule has 0 spiro atoms. The molecule has 2 fully saturated rings. The Labute approximate surface area is 98.3 Å². The monoisotopic (exact) mass is 228 g/mol. The summed E-state index contributed by atoms with van der Waals surface area (Å²) in [6.07, 6.45) is 4.45. The molecule has 2 unspecified atom stereocenters. The third-order valence-corrected chi connectivity index (χ3v) is 3.40. The van der Waals surface area contributed by atoms with Gasteiger partial charge in [0.1, 0.15) is 0 Å². The van der Waals surface area contributed by atoms with Gasteiger partial charge in [0.15, 0.2) is 0 Å². The molecule has 0 aliphatic carbocycles.